The first-order valence-electron chi connectivity index (χ1n) is 7.96. The molecule has 1 heterocycles. The maximum absolute atomic E-state index is 12.7. The Bertz CT molecular complexity index is 913. The fraction of sp³-hybridized carbons (Fsp3) is 0.278. The quantitative estimate of drug-likeness (QED) is 0.582. The first kappa shape index (κ1) is 18.9. The first-order valence-corrected chi connectivity index (χ1v) is 7.96. The Balaban J connectivity index is 2.32. The van der Waals surface area contributed by atoms with Crippen molar-refractivity contribution in [1.82, 2.24) is 9.47 Å². The molecule has 0 bridgehead atoms. The molecule has 26 heavy (non-hydrogen) atoms. The lowest BCUT2D eigenvalue weighted by atomic mass is 10.2. The highest BCUT2D eigenvalue weighted by Crippen LogP contribution is 2.12. The van der Waals surface area contributed by atoms with Gasteiger partial charge >= 0.3 is 0 Å². The van der Waals surface area contributed by atoms with E-state index in [9.17, 15) is 19.7 Å². The molecule has 8 nitrogen and oxygen atoms in total. The van der Waals surface area contributed by atoms with Gasteiger partial charge in [-0.15, -0.1) is 0 Å². The highest BCUT2D eigenvalue weighted by Gasteiger charge is 2.21. The summed E-state index contributed by atoms with van der Waals surface area (Å²) in [4.78, 5) is 36.8. The number of hydrogen-bond donors (Lipinski definition) is 0. The van der Waals surface area contributed by atoms with Gasteiger partial charge in [-0.05, 0) is 19.4 Å². The standard InChI is InChI=1S/C18H18N4O4/c1-13(2)21(10-14-6-4-3-5-7-14)17(23)12-20-11-16(22(25)26)8-15(9-19)18(20)24/h3-8,11,13H,10,12H2,1-2H3. The maximum Gasteiger partial charge on any atom is 0.287 e. The van der Waals surface area contributed by atoms with Crippen LogP contribution in [0.1, 0.15) is 25.0 Å². The molecule has 0 fully saturated rings. The zero-order valence-corrected chi connectivity index (χ0v) is 14.5. The van der Waals surface area contributed by atoms with Crippen LogP contribution in [-0.2, 0) is 17.9 Å². The lowest BCUT2D eigenvalue weighted by Gasteiger charge is -2.27. The van der Waals surface area contributed by atoms with E-state index in [4.69, 9.17) is 5.26 Å². The van der Waals surface area contributed by atoms with E-state index in [-0.39, 0.29) is 24.1 Å². The zero-order valence-electron chi connectivity index (χ0n) is 14.5. The number of carbonyl (C=O) groups is 1. The average molecular weight is 354 g/mol. The molecule has 0 saturated carbocycles. The number of hydrogen-bond acceptors (Lipinski definition) is 5. The number of aromatic nitrogens is 1. The van der Waals surface area contributed by atoms with Crippen LogP contribution in [0.3, 0.4) is 0 Å². The van der Waals surface area contributed by atoms with Crippen LogP contribution in [0.5, 0.6) is 0 Å². The summed E-state index contributed by atoms with van der Waals surface area (Å²) in [5, 5.41) is 20.0. The number of nitro groups is 1. The van der Waals surface area contributed by atoms with E-state index in [1.54, 1.807) is 11.0 Å². The fourth-order valence-corrected chi connectivity index (χ4v) is 2.49. The smallest absolute Gasteiger partial charge is 0.287 e. The van der Waals surface area contributed by atoms with Crippen molar-refractivity contribution in [2.24, 2.45) is 0 Å². The highest BCUT2D eigenvalue weighted by molar-refractivity contribution is 5.76. The van der Waals surface area contributed by atoms with Crippen LogP contribution in [0, 0.1) is 21.4 Å². The predicted molar refractivity (Wildman–Crippen MR) is 94.2 cm³/mol. The summed E-state index contributed by atoms with van der Waals surface area (Å²) < 4.78 is 0.916. The summed E-state index contributed by atoms with van der Waals surface area (Å²) in [5.41, 5.74) is -0.576. The van der Waals surface area contributed by atoms with Crippen molar-refractivity contribution in [2.75, 3.05) is 0 Å². The van der Waals surface area contributed by atoms with E-state index < -0.39 is 16.2 Å². The normalized spacial score (nSPS) is 10.4. The van der Waals surface area contributed by atoms with Gasteiger partial charge in [-0.1, -0.05) is 30.3 Å². The molecule has 0 aliphatic rings. The second kappa shape index (κ2) is 8.07. The van der Waals surface area contributed by atoms with Crippen molar-refractivity contribution in [3.63, 3.8) is 0 Å². The predicted octanol–water partition coefficient (Wildman–Crippen LogP) is 2.07. The van der Waals surface area contributed by atoms with Gasteiger partial charge in [-0.3, -0.25) is 24.3 Å². The van der Waals surface area contributed by atoms with Gasteiger partial charge in [0.2, 0.25) is 5.91 Å². The summed E-state index contributed by atoms with van der Waals surface area (Å²) in [6.07, 6.45) is 0.988. The molecule has 0 unspecified atom stereocenters. The number of nitriles is 1. The Kier molecular flexibility index (Phi) is 5.86. The second-order valence-corrected chi connectivity index (χ2v) is 6.01. The Hall–Kier alpha value is -3.47. The number of amides is 1. The van der Waals surface area contributed by atoms with E-state index in [0.29, 0.717) is 6.54 Å². The number of benzene rings is 1. The molecule has 0 N–H and O–H groups in total. The molecule has 1 amide bonds. The van der Waals surface area contributed by atoms with Crippen molar-refractivity contribution < 1.29 is 9.72 Å². The van der Waals surface area contributed by atoms with Crippen molar-refractivity contribution in [1.29, 1.82) is 5.26 Å². The topological polar surface area (TPSA) is 109 Å². The minimum Gasteiger partial charge on any atom is -0.334 e. The molecule has 2 aromatic rings. The van der Waals surface area contributed by atoms with Crippen molar-refractivity contribution in [3.8, 4) is 6.07 Å². The van der Waals surface area contributed by atoms with E-state index in [1.165, 1.54) is 0 Å². The Morgan fingerprint density at radius 1 is 1.35 bits per heavy atom. The van der Waals surface area contributed by atoms with Crippen LogP contribution in [0.25, 0.3) is 0 Å². The monoisotopic (exact) mass is 354 g/mol. The van der Waals surface area contributed by atoms with Gasteiger partial charge < -0.3 is 4.90 Å². The van der Waals surface area contributed by atoms with Crippen LogP contribution in [0.2, 0.25) is 0 Å². The Morgan fingerprint density at radius 2 is 2.00 bits per heavy atom. The fourth-order valence-electron chi connectivity index (χ4n) is 2.49. The van der Waals surface area contributed by atoms with Crippen LogP contribution in [-0.4, -0.2) is 26.3 Å². The summed E-state index contributed by atoms with van der Waals surface area (Å²) in [6.45, 7) is 3.67. The highest BCUT2D eigenvalue weighted by atomic mass is 16.6. The number of nitrogens with zero attached hydrogens (tertiary/aromatic N) is 4. The SMILES string of the molecule is CC(C)N(Cc1ccccc1)C(=O)Cn1cc([N+](=O)[O-])cc(C#N)c1=O. The van der Waals surface area contributed by atoms with Gasteiger partial charge in [-0.25, -0.2) is 0 Å². The first-order chi connectivity index (χ1) is 12.3. The zero-order chi connectivity index (χ0) is 19.3. The van der Waals surface area contributed by atoms with Gasteiger partial charge in [0.05, 0.1) is 11.1 Å². The minimum absolute atomic E-state index is 0.132. The lowest BCUT2D eigenvalue weighted by molar-refractivity contribution is -0.385. The molecule has 1 aromatic heterocycles. The molecule has 0 saturated heterocycles. The molecule has 0 radical (unpaired) electrons. The molecular weight excluding hydrogens is 336 g/mol. The lowest BCUT2D eigenvalue weighted by Crippen LogP contribution is -2.40. The van der Waals surface area contributed by atoms with Crippen LogP contribution >= 0.6 is 0 Å². The molecule has 0 aliphatic carbocycles. The third-order valence-electron chi connectivity index (χ3n) is 3.85. The van der Waals surface area contributed by atoms with E-state index in [2.05, 4.69) is 0 Å². The number of pyridine rings is 1. The molecule has 0 spiro atoms. The van der Waals surface area contributed by atoms with Gasteiger partial charge in [0.1, 0.15) is 18.2 Å². The molecule has 2 rings (SSSR count). The van der Waals surface area contributed by atoms with Gasteiger partial charge in [0.15, 0.2) is 0 Å². The molecule has 0 atom stereocenters. The largest absolute Gasteiger partial charge is 0.334 e. The number of rotatable bonds is 6. The molecule has 0 aliphatic heterocycles. The van der Waals surface area contributed by atoms with Crippen molar-refractivity contribution >= 4 is 11.6 Å². The molecule has 1 aromatic carbocycles. The maximum atomic E-state index is 12.7. The van der Waals surface area contributed by atoms with Crippen LogP contribution in [0.4, 0.5) is 5.69 Å². The molecule has 134 valence electrons. The summed E-state index contributed by atoms with van der Waals surface area (Å²) in [7, 11) is 0. The van der Waals surface area contributed by atoms with Crippen molar-refractivity contribution in [3.05, 3.63) is 74.2 Å². The summed E-state index contributed by atoms with van der Waals surface area (Å²) in [5.74, 6) is -0.365. The van der Waals surface area contributed by atoms with Gasteiger partial charge in [0.25, 0.3) is 11.2 Å². The average Bonchev–Trinajstić information content (AvgIpc) is 2.61. The van der Waals surface area contributed by atoms with Crippen LogP contribution in [0.15, 0.2) is 47.4 Å². The Morgan fingerprint density at radius 3 is 2.54 bits per heavy atom. The van der Waals surface area contributed by atoms with E-state index in [1.807, 2.05) is 44.2 Å². The molecular formula is C18H18N4O4. The number of carbonyl (C=O) groups excluding carboxylic acids is 1. The van der Waals surface area contributed by atoms with E-state index in [0.717, 1.165) is 22.4 Å². The third-order valence-corrected chi connectivity index (χ3v) is 3.85. The van der Waals surface area contributed by atoms with Crippen molar-refractivity contribution in [2.45, 2.75) is 33.0 Å². The molecule has 8 heteroatoms. The minimum atomic E-state index is -0.727. The second-order valence-electron chi connectivity index (χ2n) is 6.01. The van der Waals surface area contributed by atoms with Gasteiger partial charge in [0, 0.05) is 18.7 Å². The third kappa shape index (κ3) is 4.33. The van der Waals surface area contributed by atoms with Gasteiger partial charge in [-0.2, -0.15) is 5.26 Å². The van der Waals surface area contributed by atoms with Crippen LogP contribution < -0.4 is 5.56 Å². The summed E-state index contributed by atoms with van der Waals surface area (Å²) in [6, 6.07) is 11.8. The van der Waals surface area contributed by atoms with E-state index >= 15 is 0 Å². The summed E-state index contributed by atoms with van der Waals surface area (Å²) >= 11 is 0. The Labute approximate surface area is 150 Å².